The molecule has 0 aliphatic carbocycles. The summed E-state index contributed by atoms with van der Waals surface area (Å²) in [6.45, 7) is 13.2. The molecule has 5 aromatic carbocycles. The topological polar surface area (TPSA) is 46.4 Å². The molecule has 0 N–H and O–H groups in total. The van der Waals surface area contributed by atoms with Crippen molar-refractivity contribution in [3.05, 3.63) is 157 Å². The van der Waals surface area contributed by atoms with Crippen LogP contribution in [0.15, 0.2) is 134 Å². The van der Waals surface area contributed by atoms with Crippen LogP contribution in [0.4, 0.5) is 22.9 Å². The Morgan fingerprint density at radius 1 is 0.589 bits per heavy atom. The number of benzene rings is 5. The van der Waals surface area contributed by atoms with Gasteiger partial charge in [0.1, 0.15) is 11.6 Å². The Labute approximate surface area is 343 Å². The third-order valence-corrected chi connectivity index (χ3v) is 11.0. The second-order valence-electron chi connectivity index (χ2n) is 16.6. The minimum atomic E-state index is -0.171. The minimum absolute atomic E-state index is 0. The molecule has 0 atom stereocenters. The number of nitrogens with zero attached hydrogens (tertiary/aromatic N) is 5. The predicted octanol–water partition coefficient (Wildman–Crippen LogP) is 11.2. The number of para-hydroxylation sites is 2. The zero-order valence-corrected chi connectivity index (χ0v) is 34.5. The van der Waals surface area contributed by atoms with E-state index in [1.54, 1.807) is 0 Å². The van der Waals surface area contributed by atoms with E-state index in [0.29, 0.717) is 11.5 Å². The molecule has 0 saturated carbocycles. The van der Waals surface area contributed by atoms with Gasteiger partial charge in [0.25, 0.3) is 0 Å². The molecule has 0 amide bonds. The Balaban J connectivity index is 0.00000410. The summed E-state index contributed by atoms with van der Waals surface area (Å²) in [6.07, 6.45) is 3.78. The van der Waals surface area contributed by atoms with Gasteiger partial charge in [-0.15, -0.1) is 41.3 Å². The molecule has 0 spiro atoms. The normalized spacial score (nSPS) is 13.3. The first-order valence-electron chi connectivity index (χ1n) is 18.9. The Bertz CT molecular complexity index is 2820. The van der Waals surface area contributed by atoms with Crippen LogP contribution >= 0.6 is 0 Å². The first kappa shape index (κ1) is 36.0. The van der Waals surface area contributed by atoms with E-state index in [9.17, 15) is 0 Å². The molecule has 0 radical (unpaired) electrons. The molecule has 2 aliphatic heterocycles. The van der Waals surface area contributed by atoms with E-state index in [1.807, 2.05) is 24.5 Å². The maximum Gasteiger partial charge on any atom is 2.00 e. The van der Waals surface area contributed by atoms with E-state index < -0.39 is 0 Å². The molecular formula is C48H40BN5OPt. The van der Waals surface area contributed by atoms with E-state index in [2.05, 4.69) is 177 Å². The summed E-state index contributed by atoms with van der Waals surface area (Å²) in [4.78, 5) is 14.6. The summed E-state index contributed by atoms with van der Waals surface area (Å²) < 4.78 is 9.03. The van der Waals surface area contributed by atoms with Gasteiger partial charge in [0.15, 0.2) is 0 Å². The van der Waals surface area contributed by atoms with Crippen molar-refractivity contribution < 1.29 is 25.8 Å². The number of aromatic nitrogens is 3. The maximum atomic E-state index is 6.83. The zero-order chi connectivity index (χ0) is 37.6. The van der Waals surface area contributed by atoms with Crippen LogP contribution in [-0.2, 0) is 31.9 Å². The fraction of sp³-hybridized carbons (Fsp3) is 0.167. The van der Waals surface area contributed by atoms with Crippen molar-refractivity contribution in [2.24, 2.45) is 0 Å². The van der Waals surface area contributed by atoms with Gasteiger partial charge in [-0.3, -0.25) is 0 Å². The molecule has 0 saturated heterocycles. The largest absolute Gasteiger partial charge is 2.00 e. The summed E-state index contributed by atoms with van der Waals surface area (Å²) in [7, 11) is 0. The van der Waals surface area contributed by atoms with E-state index >= 15 is 0 Å². The number of ether oxygens (including phenoxy) is 1. The quantitative estimate of drug-likeness (QED) is 0.130. The molecule has 2 aliphatic rings. The molecule has 3 aromatic heterocycles. The molecule has 0 unspecified atom stereocenters. The van der Waals surface area contributed by atoms with E-state index in [-0.39, 0.29) is 38.9 Å². The predicted molar refractivity (Wildman–Crippen MR) is 226 cm³/mol. The van der Waals surface area contributed by atoms with Crippen molar-refractivity contribution in [1.29, 1.82) is 0 Å². The third kappa shape index (κ3) is 5.75. The van der Waals surface area contributed by atoms with Gasteiger partial charge in [0.05, 0.1) is 5.69 Å². The van der Waals surface area contributed by atoms with Gasteiger partial charge in [-0.25, -0.2) is 9.97 Å². The molecule has 56 heavy (non-hydrogen) atoms. The van der Waals surface area contributed by atoms with Gasteiger partial charge in [-0.05, 0) is 69.2 Å². The van der Waals surface area contributed by atoms with Crippen LogP contribution < -0.4 is 19.8 Å². The summed E-state index contributed by atoms with van der Waals surface area (Å²) in [6, 6.07) is 50.2. The van der Waals surface area contributed by atoms with E-state index in [4.69, 9.17) is 14.7 Å². The Kier molecular flexibility index (Phi) is 8.52. The monoisotopic (exact) mass is 908 g/mol. The van der Waals surface area contributed by atoms with Crippen LogP contribution in [0.2, 0.25) is 0 Å². The number of hydrogen-bond acceptors (Lipinski definition) is 5. The van der Waals surface area contributed by atoms with Crippen molar-refractivity contribution in [3.63, 3.8) is 0 Å². The SMILES string of the molecule is CC(C)(C)c1cc(Oc2[c-]c3c(cc2)c2ccccc2n3-c2cc(C(C)(C)C)ccn2)[c-]c(N2B3c4ccccc4-c4ccccc4N3c3cccnc32)c1.[Pt+2]. The molecule has 276 valence electrons. The second kappa shape index (κ2) is 13.2. The summed E-state index contributed by atoms with van der Waals surface area (Å²) in [5, 5.41) is 2.24. The Morgan fingerprint density at radius 3 is 2.14 bits per heavy atom. The maximum absolute atomic E-state index is 6.83. The van der Waals surface area contributed by atoms with Gasteiger partial charge in [0.2, 0.25) is 0 Å². The van der Waals surface area contributed by atoms with Crippen LogP contribution in [0.1, 0.15) is 52.7 Å². The number of rotatable bonds is 4. The number of pyridine rings is 2. The van der Waals surface area contributed by atoms with Crippen molar-refractivity contribution in [2.45, 2.75) is 52.4 Å². The molecule has 0 bridgehead atoms. The molecule has 6 nitrogen and oxygen atoms in total. The first-order chi connectivity index (χ1) is 26.5. The van der Waals surface area contributed by atoms with Gasteiger partial charge < -0.3 is 18.9 Å². The standard InChI is InChI=1S/C48H40BN5O.Pt/c1-47(2,3)31-23-25-50-45(28-31)52-41-18-11-8-16-38(41)39-22-21-34(30-44(39)52)55-35-27-32(48(4,5)6)26-33(29-35)53-46-43(20-13-24-51-46)54-42-19-12-9-15-37(42)36-14-7-10-17-40(36)49(53)54;/h7-28H,1-6H3;/q-2;+2. The minimum Gasteiger partial charge on any atom is -0.509 e. The number of fused-ring (bicyclic) bond motifs is 11. The Hall–Kier alpha value is -5.65. The van der Waals surface area contributed by atoms with Crippen LogP contribution in [0, 0.1) is 12.1 Å². The van der Waals surface area contributed by atoms with Crippen molar-refractivity contribution in [1.82, 2.24) is 14.5 Å². The smallest absolute Gasteiger partial charge is 0.509 e. The molecule has 8 aromatic rings. The van der Waals surface area contributed by atoms with Gasteiger partial charge >= 0.3 is 28.0 Å². The van der Waals surface area contributed by atoms with Gasteiger partial charge in [0, 0.05) is 40.7 Å². The molecule has 10 rings (SSSR count). The van der Waals surface area contributed by atoms with Crippen molar-refractivity contribution in [2.75, 3.05) is 9.62 Å². The Morgan fingerprint density at radius 2 is 1.32 bits per heavy atom. The van der Waals surface area contributed by atoms with Crippen LogP contribution in [-0.4, -0.2) is 21.5 Å². The van der Waals surface area contributed by atoms with Crippen molar-refractivity contribution in [3.8, 4) is 28.4 Å². The summed E-state index contributed by atoms with van der Waals surface area (Å²) in [5.74, 6) is 2.97. The number of hydrogen-bond donors (Lipinski definition) is 0. The van der Waals surface area contributed by atoms with E-state index in [0.717, 1.165) is 56.1 Å². The molecular weight excluding hydrogens is 868 g/mol. The third-order valence-electron chi connectivity index (χ3n) is 11.0. The van der Waals surface area contributed by atoms with Crippen LogP contribution in [0.5, 0.6) is 11.5 Å². The average Bonchev–Trinajstić information content (AvgIpc) is 3.71. The van der Waals surface area contributed by atoms with Crippen LogP contribution in [0.3, 0.4) is 0 Å². The molecule has 5 heterocycles. The summed E-state index contributed by atoms with van der Waals surface area (Å²) in [5.41, 5.74) is 10.9. The van der Waals surface area contributed by atoms with E-state index in [1.165, 1.54) is 22.2 Å². The molecule has 0 fully saturated rings. The molecule has 8 heteroatoms. The number of anilines is 4. The van der Waals surface area contributed by atoms with Gasteiger partial charge in [-0.1, -0.05) is 113 Å². The first-order valence-corrected chi connectivity index (χ1v) is 18.9. The van der Waals surface area contributed by atoms with Crippen molar-refractivity contribution >= 4 is 57.1 Å². The zero-order valence-electron chi connectivity index (χ0n) is 32.2. The van der Waals surface area contributed by atoms with Crippen LogP contribution in [0.25, 0.3) is 38.8 Å². The average molecular weight is 909 g/mol. The summed E-state index contributed by atoms with van der Waals surface area (Å²) >= 11 is 0. The second-order valence-corrected chi connectivity index (χ2v) is 16.6. The fourth-order valence-electron chi connectivity index (χ4n) is 8.23. The fourth-order valence-corrected chi connectivity index (χ4v) is 8.23. The van der Waals surface area contributed by atoms with Gasteiger partial charge in [-0.2, -0.15) is 6.07 Å².